The Kier molecular flexibility index (Phi) is 5.70. The summed E-state index contributed by atoms with van der Waals surface area (Å²) in [6.45, 7) is 3.59. The zero-order chi connectivity index (χ0) is 20.3. The molecule has 4 heteroatoms. The zero-order valence-corrected chi connectivity index (χ0v) is 17.9. The lowest BCUT2D eigenvalue weighted by Gasteiger charge is -2.46. The molecule has 158 valence electrons. The van der Waals surface area contributed by atoms with Gasteiger partial charge in [0, 0.05) is 42.6 Å². The maximum atomic E-state index is 6.38. The van der Waals surface area contributed by atoms with E-state index in [-0.39, 0.29) is 11.0 Å². The minimum Gasteiger partial charge on any atom is -0.375 e. The van der Waals surface area contributed by atoms with Crippen LogP contribution in [0.4, 0.5) is 0 Å². The molecule has 1 aliphatic carbocycles. The number of hydrogen-bond acceptors (Lipinski definition) is 4. The van der Waals surface area contributed by atoms with Crippen molar-refractivity contribution in [1.82, 2.24) is 10.3 Å². The van der Waals surface area contributed by atoms with Gasteiger partial charge in [-0.25, -0.2) is 0 Å². The molecule has 3 aliphatic rings. The van der Waals surface area contributed by atoms with Gasteiger partial charge in [0.25, 0.3) is 0 Å². The Bertz CT molecular complexity index is 888. The highest BCUT2D eigenvalue weighted by Gasteiger charge is 2.48. The van der Waals surface area contributed by atoms with E-state index in [1.54, 1.807) is 0 Å². The van der Waals surface area contributed by atoms with E-state index in [9.17, 15) is 0 Å². The van der Waals surface area contributed by atoms with Crippen LogP contribution in [0.15, 0.2) is 53.7 Å². The molecule has 0 bridgehead atoms. The summed E-state index contributed by atoms with van der Waals surface area (Å²) in [5, 5.41) is 3.72. The number of benzene rings is 1. The molecule has 1 aromatic heterocycles. The van der Waals surface area contributed by atoms with Crippen molar-refractivity contribution in [3.8, 4) is 0 Å². The predicted molar refractivity (Wildman–Crippen MR) is 121 cm³/mol. The van der Waals surface area contributed by atoms with E-state index in [0.29, 0.717) is 0 Å². The number of hydrogen-bond donors (Lipinski definition) is 1. The number of rotatable bonds is 6. The van der Waals surface area contributed by atoms with Crippen LogP contribution in [-0.4, -0.2) is 42.5 Å². The molecule has 5 rings (SSSR count). The van der Waals surface area contributed by atoms with Gasteiger partial charge in [0.15, 0.2) is 0 Å². The second-order valence-electron chi connectivity index (χ2n) is 9.32. The zero-order valence-electron chi connectivity index (χ0n) is 17.9. The average molecular weight is 404 g/mol. The van der Waals surface area contributed by atoms with E-state index in [1.165, 1.54) is 48.2 Å². The molecule has 0 radical (unpaired) electrons. The minimum atomic E-state index is 0.0855. The largest absolute Gasteiger partial charge is 0.375 e. The molecular formula is C26H33N3O. The van der Waals surface area contributed by atoms with E-state index in [0.717, 1.165) is 51.9 Å². The minimum absolute atomic E-state index is 0.0855. The fourth-order valence-corrected chi connectivity index (χ4v) is 5.90. The van der Waals surface area contributed by atoms with Crippen LogP contribution in [0.5, 0.6) is 0 Å². The van der Waals surface area contributed by atoms with Gasteiger partial charge in [0.2, 0.25) is 0 Å². The molecule has 0 amide bonds. The summed E-state index contributed by atoms with van der Waals surface area (Å²) >= 11 is 0. The SMILES string of the molecule is c1ccc([C@]2(CCNCC3=NCCc4ccccc43)CCOC3(CCCC3)C2)nc1. The van der Waals surface area contributed by atoms with Gasteiger partial charge in [-0.15, -0.1) is 0 Å². The molecular weight excluding hydrogens is 370 g/mol. The molecule has 1 saturated heterocycles. The number of ether oxygens (including phenoxy) is 1. The second kappa shape index (κ2) is 8.60. The third-order valence-electron chi connectivity index (χ3n) is 7.46. The Balaban J connectivity index is 1.28. The average Bonchev–Trinajstić information content (AvgIpc) is 3.24. The summed E-state index contributed by atoms with van der Waals surface area (Å²) in [5.41, 5.74) is 5.42. The molecule has 1 saturated carbocycles. The number of fused-ring (bicyclic) bond motifs is 1. The van der Waals surface area contributed by atoms with Crippen molar-refractivity contribution in [2.45, 2.75) is 62.4 Å². The fourth-order valence-electron chi connectivity index (χ4n) is 5.90. The monoisotopic (exact) mass is 403 g/mol. The summed E-state index contributed by atoms with van der Waals surface area (Å²) in [7, 11) is 0. The van der Waals surface area contributed by atoms with Crippen LogP contribution in [0.3, 0.4) is 0 Å². The first-order valence-corrected chi connectivity index (χ1v) is 11.7. The number of nitrogens with one attached hydrogen (secondary N) is 1. The highest BCUT2D eigenvalue weighted by atomic mass is 16.5. The molecule has 4 nitrogen and oxygen atoms in total. The normalized spacial score (nSPS) is 25.1. The molecule has 0 unspecified atom stereocenters. The highest BCUT2D eigenvalue weighted by Crippen LogP contribution is 2.49. The Morgan fingerprint density at radius 3 is 2.73 bits per heavy atom. The third kappa shape index (κ3) is 3.95. The van der Waals surface area contributed by atoms with Crippen LogP contribution < -0.4 is 5.32 Å². The van der Waals surface area contributed by atoms with Crippen molar-refractivity contribution in [2.75, 3.05) is 26.2 Å². The van der Waals surface area contributed by atoms with Crippen molar-refractivity contribution in [3.63, 3.8) is 0 Å². The van der Waals surface area contributed by atoms with E-state index >= 15 is 0 Å². The lowest BCUT2D eigenvalue weighted by atomic mass is 9.68. The summed E-state index contributed by atoms with van der Waals surface area (Å²) < 4.78 is 6.38. The highest BCUT2D eigenvalue weighted by molar-refractivity contribution is 6.03. The van der Waals surface area contributed by atoms with E-state index in [2.05, 4.69) is 41.7 Å². The first-order chi connectivity index (χ1) is 14.8. The lowest BCUT2D eigenvalue weighted by molar-refractivity contribution is -0.104. The Labute approximate surface area is 180 Å². The van der Waals surface area contributed by atoms with Gasteiger partial charge in [-0.05, 0) is 62.8 Å². The van der Waals surface area contributed by atoms with Crippen LogP contribution >= 0.6 is 0 Å². The van der Waals surface area contributed by atoms with Gasteiger partial charge in [0.05, 0.1) is 11.3 Å². The summed E-state index contributed by atoms with van der Waals surface area (Å²) in [5.74, 6) is 0. The van der Waals surface area contributed by atoms with Crippen molar-refractivity contribution in [1.29, 1.82) is 0 Å². The molecule has 1 spiro atoms. The molecule has 2 aliphatic heterocycles. The number of nitrogens with zero attached hydrogens (tertiary/aromatic N) is 2. The van der Waals surface area contributed by atoms with Gasteiger partial charge in [0.1, 0.15) is 0 Å². The summed E-state index contributed by atoms with van der Waals surface area (Å²) in [4.78, 5) is 9.63. The van der Waals surface area contributed by atoms with E-state index in [1.807, 2.05) is 12.3 Å². The fraction of sp³-hybridized carbons (Fsp3) is 0.538. The molecule has 2 fully saturated rings. The number of pyridine rings is 1. The standard InChI is InChI=1S/C26H33N3O/c1-2-8-22-21(7-1)10-16-28-23(22)19-27-17-13-25(24-9-3-6-15-29-24)14-18-30-26(20-25)11-4-5-12-26/h1-3,6-9,15,27H,4-5,10-14,16-20H2/t25-/m1/s1. The Morgan fingerprint density at radius 1 is 1.00 bits per heavy atom. The van der Waals surface area contributed by atoms with E-state index < -0.39 is 0 Å². The molecule has 1 aromatic carbocycles. The van der Waals surface area contributed by atoms with E-state index in [4.69, 9.17) is 14.7 Å². The maximum Gasteiger partial charge on any atom is 0.0691 e. The van der Waals surface area contributed by atoms with Gasteiger partial charge in [-0.1, -0.05) is 43.2 Å². The molecule has 3 heterocycles. The Morgan fingerprint density at radius 2 is 1.87 bits per heavy atom. The van der Waals surface area contributed by atoms with Crippen LogP contribution in [0.25, 0.3) is 0 Å². The van der Waals surface area contributed by atoms with Gasteiger partial charge >= 0.3 is 0 Å². The molecule has 2 aromatic rings. The smallest absolute Gasteiger partial charge is 0.0691 e. The topological polar surface area (TPSA) is 46.5 Å². The lowest BCUT2D eigenvalue weighted by Crippen LogP contribution is -2.47. The predicted octanol–water partition coefficient (Wildman–Crippen LogP) is 4.47. The van der Waals surface area contributed by atoms with Crippen LogP contribution in [0, 0.1) is 0 Å². The third-order valence-corrected chi connectivity index (χ3v) is 7.46. The van der Waals surface area contributed by atoms with Crippen LogP contribution in [-0.2, 0) is 16.6 Å². The number of aromatic nitrogens is 1. The summed E-state index contributed by atoms with van der Waals surface area (Å²) in [6.07, 6.45) is 11.3. The van der Waals surface area contributed by atoms with Crippen molar-refractivity contribution >= 4 is 5.71 Å². The maximum absolute atomic E-state index is 6.38. The van der Waals surface area contributed by atoms with Crippen molar-refractivity contribution in [2.24, 2.45) is 4.99 Å². The van der Waals surface area contributed by atoms with Crippen molar-refractivity contribution < 1.29 is 4.74 Å². The van der Waals surface area contributed by atoms with Gasteiger partial charge in [-0.2, -0.15) is 0 Å². The molecule has 1 atom stereocenters. The first-order valence-electron chi connectivity index (χ1n) is 11.7. The second-order valence-corrected chi connectivity index (χ2v) is 9.32. The number of aliphatic imine (C=N–C) groups is 1. The molecule has 1 N–H and O–H groups in total. The molecule has 30 heavy (non-hydrogen) atoms. The first kappa shape index (κ1) is 19.9. The van der Waals surface area contributed by atoms with Crippen molar-refractivity contribution in [3.05, 3.63) is 65.5 Å². The quantitative estimate of drug-likeness (QED) is 0.724. The van der Waals surface area contributed by atoms with Gasteiger partial charge < -0.3 is 10.1 Å². The Hall–Kier alpha value is -2.04. The van der Waals surface area contributed by atoms with Crippen LogP contribution in [0.1, 0.15) is 61.8 Å². The van der Waals surface area contributed by atoms with Gasteiger partial charge in [-0.3, -0.25) is 9.98 Å². The van der Waals surface area contributed by atoms with Crippen LogP contribution in [0.2, 0.25) is 0 Å². The summed E-state index contributed by atoms with van der Waals surface area (Å²) in [6, 6.07) is 15.1.